The summed E-state index contributed by atoms with van der Waals surface area (Å²) in [7, 11) is 0. The van der Waals surface area contributed by atoms with Crippen molar-refractivity contribution in [2.45, 2.75) is 6.18 Å². The summed E-state index contributed by atoms with van der Waals surface area (Å²) < 4.78 is 44.5. The first-order valence-corrected chi connectivity index (χ1v) is 7.69. The van der Waals surface area contributed by atoms with E-state index in [-0.39, 0.29) is 5.75 Å². The Labute approximate surface area is 138 Å². The molecule has 4 nitrogen and oxygen atoms in total. The molecular weight excluding hydrogens is 341 g/mol. The first-order chi connectivity index (χ1) is 11.4. The molecule has 0 aliphatic heterocycles. The second-order valence-electron chi connectivity index (χ2n) is 4.82. The molecule has 8 heteroatoms. The first kappa shape index (κ1) is 16.3. The topological polar surface area (TPSA) is 51.2 Å². The fourth-order valence-electron chi connectivity index (χ4n) is 2.05. The van der Waals surface area contributed by atoms with Gasteiger partial charge in [-0.2, -0.15) is 13.2 Å². The van der Waals surface area contributed by atoms with Crippen LogP contribution in [0.2, 0.25) is 0 Å². The third-order valence-electron chi connectivity index (χ3n) is 3.09. The van der Waals surface area contributed by atoms with Crippen LogP contribution in [0.25, 0.3) is 10.2 Å². The molecular formula is C16H11F3N2O2S. The van der Waals surface area contributed by atoms with E-state index in [1.165, 1.54) is 29.5 Å². The second kappa shape index (κ2) is 6.48. The zero-order valence-corrected chi connectivity index (χ0v) is 12.9. The summed E-state index contributed by atoms with van der Waals surface area (Å²) in [5.74, 6) is -0.963. The van der Waals surface area contributed by atoms with Gasteiger partial charge in [0.25, 0.3) is 5.91 Å². The molecule has 1 N–H and O–H groups in total. The summed E-state index contributed by atoms with van der Waals surface area (Å²) in [5, 5.41) is 2.89. The van der Waals surface area contributed by atoms with Crippen molar-refractivity contribution in [3.63, 3.8) is 0 Å². The third-order valence-corrected chi connectivity index (χ3v) is 4.04. The summed E-state index contributed by atoms with van der Waals surface area (Å²) in [5.41, 5.74) is -0.182. The van der Waals surface area contributed by atoms with Crippen LogP contribution in [0.15, 0.2) is 48.5 Å². The lowest BCUT2D eigenvalue weighted by atomic mass is 10.2. The number of para-hydroxylation sites is 2. The Morgan fingerprint density at radius 3 is 2.58 bits per heavy atom. The fraction of sp³-hybridized carbons (Fsp3) is 0.125. The van der Waals surface area contributed by atoms with E-state index in [0.717, 1.165) is 16.3 Å². The van der Waals surface area contributed by atoms with Crippen LogP contribution in [-0.4, -0.2) is 17.5 Å². The largest absolute Gasteiger partial charge is 0.483 e. The minimum absolute atomic E-state index is 0.369. The van der Waals surface area contributed by atoms with Crippen LogP contribution in [0.3, 0.4) is 0 Å². The minimum Gasteiger partial charge on any atom is -0.483 e. The first-order valence-electron chi connectivity index (χ1n) is 6.88. The molecule has 3 rings (SSSR count). The lowest BCUT2D eigenvalue weighted by Crippen LogP contribution is -2.21. The molecule has 0 spiro atoms. The highest BCUT2D eigenvalue weighted by molar-refractivity contribution is 7.22. The van der Waals surface area contributed by atoms with Gasteiger partial charge in [-0.1, -0.05) is 35.6 Å². The monoisotopic (exact) mass is 352 g/mol. The van der Waals surface area contributed by atoms with Crippen molar-refractivity contribution < 1.29 is 22.7 Å². The highest BCUT2D eigenvalue weighted by Gasteiger charge is 2.34. The quantitative estimate of drug-likeness (QED) is 0.760. The smallest absolute Gasteiger partial charge is 0.419 e. The maximum absolute atomic E-state index is 12.8. The SMILES string of the molecule is O=C(COc1ccccc1C(F)(F)F)Nc1nc2ccccc2s1. The summed E-state index contributed by atoms with van der Waals surface area (Å²) in [6.07, 6.45) is -4.54. The predicted molar refractivity (Wildman–Crippen MR) is 85.2 cm³/mol. The lowest BCUT2D eigenvalue weighted by molar-refractivity contribution is -0.139. The van der Waals surface area contributed by atoms with Gasteiger partial charge in [-0.05, 0) is 24.3 Å². The van der Waals surface area contributed by atoms with Gasteiger partial charge in [-0.3, -0.25) is 10.1 Å². The van der Waals surface area contributed by atoms with Crippen molar-refractivity contribution in [2.75, 3.05) is 11.9 Å². The van der Waals surface area contributed by atoms with Crippen LogP contribution >= 0.6 is 11.3 Å². The second-order valence-corrected chi connectivity index (χ2v) is 5.85. The number of rotatable bonds is 4. The number of nitrogens with one attached hydrogen (secondary N) is 1. The van der Waals surface area contributed by atoms with Gasteiger partial charge in [-0.15, -0.1) is 0 Å². The number of anilines is 1. The van der Waals surface area contributed by atoms with Gasteiger partial charge in [0.05, 0.1) is 15.8 Å². The van der Waals surface area contributed by atoms with Crippen LogP contribution < -0.4 is 10.1 Å². The number of benzene rings is 2. The Hall–Kier alpha value is -2.61. The van der Waals surface area contributed by atoms with E-state index in [2.05, 4.69) is 10.3 Å². The average molecular weight is 352 g/mol. The standard InChI is InChI=1S/C16H11F3N2O2S/c17-16(18,19)10-5-1-3-7-12(10)23-9-14(22)21-15-20-11-6-2-4-8-13(11)24-15/h1-8H,9H2,(H,20,21,22). The molecule has 1 amide bonds. The molecule has 24 heavy (non-hydrogen) atoms. The van der Waals surface area contributed by atoms with Crippen molar-refractivity contribution in [1.82, 2.24) is 4.98 Å². The number of hydrogen-bond acceptors (Lipinski definition) is 4. The van der Waals surface area contributed by atoms with Crippen LogP contribution in [0.1, 0.15) is 5.56 Å². The molecule has 3 aromatic rings. The van der Waals surface area contributed by atoms with Crippen LogP contribution in [-0.2, 0) is 11.0 Å². The normalized spacial score (nSPS) is 11.5. The molecule has 1 aromatic heterocycles. The molecule has 0 atom stereocenters. The predicted octanol–water partition coefficient (Wildman–Crippen LogP) is 4.33. The van der Waals surface area contributed by atoms with Gasteiger partial charge in [0, 0.05) is 0 Å². The number of hydrogen-bond donors (Lipinski definition) is 1. The highest BCUT2D eigenvalue weighted by Crippen LogP contribution is 2.35. The maximum Gasteiger partial charge on any atom is 0.419 e. The number of fused-ring (bicyclic) bond motifs is 1. The zero-order valence-electron chi connectivity index (χ0n) is 12.1. The molecule has 0 aliphatic rings. The van der Waals surface area contributed by atoms with E-state index >= 15 is 0 Å². The highest BCUT2D eigenvalue weighted by atomic mass is 32.1. The number of thiazole rings is 1. The number of ether oxygens (including phenoxy) is 1. The Morgan fingerprint density at radius 2 is 1.83 bits per heavy atom. The number of halogens is 3. The number of carbonyl (C=O) groups is 1. The van der Waals surface area contributed by atoms with Crippen molar-refractivity contribution in [2.24, 2.45) is 0 Å². The average Bonchev–Trinajstić information content (AvgIpc) is 2.94. The van der Waals surface area contributed by atoms with Crippen molar-refractivity contribution in [3.05, 3.63) is 54.1 Å². The fourth-order valence-corrected chi connectivity index (χ4v) is 2.93. The Balaban J connectivity index is 1.66. The van der Waals surface area contributed by atoms with Gasteiger partial charge < -0.3 is 4.74 Å². The van der Waals surface area contributed by atoms with Gasteiger partial charge >= 0.3 is 6.18 Å². The molecule has 1 heterocycles. The van der Waals surface area contributed by atoms with Gasteiger partial charge in [0.1, 0.15) is 5.75 Å². The number of carbonyl (C=O) groups excluding carboxylic acids is 1. The van der Waals surface area contributed by atoms with E-state index in [9.17, 15) is 18.0 Å². The number of alkyl halides is 3. The van der Waals surface area contributed by atoms with Gasteiger partial charge in [0.2, 0.25) is 0 Å². The molecule has 2 aromatic carbocycles. The van der Waals surface area contributed by atoms with Crippen LogP contribution in [0.4, 0.5) is 18.3 Å². The number of aromatic nitrogens is 1. The molecule has 0 saturated carbocycles. The molecule has 124 valence electrons. The number of amides is 1. The Morgan fingerprint density at radius 1 is 1.12 bits per heavy atom. The van der Waals surface area contributed by atoms with E-state index < -0.39 is 24.3 Å². The van der Waals surface area contributed by atoms with Gasteiger partial charge in [-0.25, -0.2) is 4.98 Å². The lowest BCUT2D eigenvalue weighted by Gasteiger charge is -2.13. The van der Waals surface area contributed by atoms with E-state index in [1.54, 1.807) is 6.07 Å². The van der Waals surface area contributed by atoms with Crippen molar-refractivity contribution >= 4 is 32.6 Å². The van der Waals surface area contributed by atoms with Crippen LogP contribution in [0, 0.1) is 0 Å². The molecule has 0 aliphatic carbocycles. The summed E-state index contributed by atoms with van der Waals surface area (Å²) >= 11 is 1.28. The zero-order chi connectivity index (χ0) is 17.2. The molecule has 0 bridgehead atoms. The van der Waals surface area contributed by atoms with Crippen molar-refractivity contribution in [1.29, 1.82) is 0 Å². The molecule has 0 unspecified atom stereocenters. The minimum atomic E-state index is -4.54. The summed E-state index contributed by atoms with van der Waals surface area (Å²) in [6, 6.07) is 12.1. The van der Waals surface area contributed by atoms with E-state index in [4.69, 9.17) is 4.74 Å². The van der Waals surface area contributed by atoms with Gasteiger partial charge in [0.15, 0.2) is 11.7 Å². The van der Waals surface area contributed by atoms with E-state index in [0.29, 0.717) is 5.13 Å². The third kappa shape index (κ3) is 3.65. The Bertz CT molecular complexity index is 844. The maximum atomic E-state index is 12.8. The van der Waals surface area contributed by atoms with Crippen LogP contribution in [0.5, 0.6) is 5.75 Å². The molecule has 0 saturated heterocycles. The molecule has 0 radical (unpaired) electrons. The van der Waals surface area contributed by atoms with Crippen molar-refractivity contribution in [3.8, 4) is 5.75 Å². The molecule has 0 fully saturated rings. The summed E-state index contributed by atoms with van der Waals surface area (Å²) in [4.78, 5) is 16.1. The summed E-state index contributed by atoms with van der Waals surface area (Å²) in [6.45, 7) is -0.539. The Kier molecular flexibility index (Phi) is 4.39. The number of nitrogens with zero attached hydrogens (tertiary/aromatic N) is 1. The van der Waals surface area contributed by atoms with E-state index in [1.807, 2.05) is 18.2 Å².